The van der Waals surface area contributed by atoms with Crippen molar-refractivity contribution < 1.29 is 13.9 Å². The topological polar surface area (TPSA) is 90.4 Å². The number of hydrogen-bond donors (Lipinski definition) is 3. The van der Waals surface area contributed by atoms with E-state index in [0.29, 0.717) is 5.75 Å². The van der Waals surface area contributed by atoms with Crippen molar-refractivity contribution in [2.24, 2.45) is 11.5 Å². The summed E-state index contributed by atoms with van der Waals surface area (Å²) in [6.45, 7) is 3.30. The molecule has 1 atom stereocenters. The number of halogens is 1. The lowest BCUT2D eigenvalue weighted by Gasteiger charge is -2.10. The van der Waals surface area contributed by atoms with Gasteiger partial charge in [0.15, 0.2) is 0 Å². The molecule has 5 nitrogen and oxygen atoms in total. The van der Waals surface area contributed by atoms with E-state index < -0.39 is 17.8 Å². The van der Waals surface area contributed by atoms with E-state index in [2.05, 4.69) is 5.32 Å². The number of para-hydroxylation sites is 1. The summed E-state index contributed by atoms with van der Waals surface area (Å²) >= 11 is 0. The number of carbonyl (C=O) groups excluding carboxylic acids is 1. The normalized spacial score (nSPS) is 13.6. The van der Waals surface area contributed by atoms with Gasteiger partial charge in [-0.15, -0.1) is 0 Å². The molecule has 1 amide bonds. The van der Waals surface area contributed by atoms with E-state index in [-0.39, 0.29) is 17.8 Å². The molecule has 0 fully saturated rings. The molecule has 142 valence electrons. The first-order valence-corrected chi connectivity index (χ1v) is 8.56. The summed E-state index contributed by atoms with van der Waals surface area (Å²) in [5, 5.41) is 2.72. The number of benzene rings is 2. The van der Waals surface area contributed by atoms with Gasteiger partial charge >= 0.3 is 0 Å². The fourth-order valence-electron chi connectivity index (χ4n) is 2.21. The fourth-order valence-corrected chi connectivity index (χ4v) is 2.21. The lowest BCUT2D eigenvalue weighted by atomic mass is 10.1. The van der Waals surface area contributed by atoms with Crippen LogP contribution in [-0.4, -0.2) is 11.9 Å². The molecule has 0 aromatic heterocycles. The Balaban J connectivity index is 1.98. The molecule has 0 aliphatic carbocycles. The van der Waals surface area contributed by atoms with Crippen LogP contribution < -0.4 is 21.5 Å². The first-order chi connectivity index (χ1) is 12.9. The van der Waals surface area contributed by atoms with Crippen LogP contribution in [0.2, 0.25) is 0 Å². The summed E-state index contributed by atoms with van der Waals surface area (Å²) in [6, 6.07) is 16.0. The van der Waals surface area contributed by atoms with Crippen molar-refractivity contribution in [1.82, 2.24) is 5.32 Å². The van der Waals surface area contributed by atoms with Crippen molar-refractivity contribution in [3.05, 3.63) is 83.3 Å². The maximum absolute atomic E-state index is 13.7. The second-order valence-corrected chi connectivity index (χ2v) is 6.16. The van der Waals surface area contributed by atoms with Gasteiger partial charge in [0.25, 0.3) is 5.91 Å². The van der Waals surface area contributed by atoms with Crippen molar-refractivity contribution in [1.29, 1.82) is 0 Å². The largest absolute Gasteiger partial charge is 0.457 e. The van der Waals surface area contributed by atoms with Crippen LogP contribution in [0.5, 0.6) is 11.5 Å². The SMILES string of the molecule is C/C(N)=C(\C=C(\F)C(C)N)C(=O)NCc1ccc(Oc2ccccc2)cc1. The Morgan fingerprint density at radius 1 is 1.15 bits per heavy atom. The van der Waals surface area contributed by atoms with Gasteiger partial charge in [-0.1, -0.05) is 30.3 Å². The van der Waals surface area contributed by atoms with Crippen LogP contribution in [0.1, 0.15) is 19.4 Å². The summed E-state index contributed by atoms with van der Waals surface area (Å²) in [5.41, 5.74) is 12.3. The highest BCUT2D eigenvalue weighted by molar-refractivity contribution is 5.96. The van der Waals surface area contributed by atoms with Crippen LogP contribution in [0, 0.1) is 0 Å². The lowest BCUT2D eigenvalue weighted by molar-refractivity contribution is -0.117. The van der Waals surface area contributed by atoms with E-state index in [1.54, 1.807) is 0 Å². The average molecular weight is 369 g/mol. The van der Waals surface area contributed by atoms with Crippen LogP contribution in [0.15, 0.2) is 77.8 Å². The Morgan fingerprint density at radius 3 is 2.30 bits per heavy atom. The number of ether oxygens (including phenoxy) is 1. The molecule has 1 unspecified atom stereocenters. The minimum absolute atomic E-state index is 0.0637. The van der Waals surface area contributed by atoms with Crippen molar-refractivity contribution in [3.63, 3.8) is 0 Å². The van der Waals surface area contributed by atoms with E-state index in [1.165, 1.54) is 13.8 Å². The zero-order chi connectivity index (χ0) is 19.8. The third-order valence-electron chi connectivity index (χ3n) is 3.74. The maximum Gasteiger partial charge on any atom is 0.253 e. The molecule has 0 saturated carbocycles. The summed E-state index contributed by atoms with van der Waals surface area (Å²) in [4.78, 5) is 12.3. The molecule has 0 aliphatic heterocycles. The van der Waals surface area contributed by atoms with Gasteiger partial charge in [-0.05, 0) is 49.8 Å². The minimum atomic E-state index is -0.802. The van der Waals surface area contributed by atoms with E-state index in [4.69, 9.17) is 16.2 Å². The predicted octanol–water partition coefficient (Wildman–Crippen LogP) is 3.53. The molecular formula is C21H24FN3O2. The molecular weight excluding hydrogens is 345 g/mol. The average Bonchev–Trinajstić information content (AvgIpc) is 2.65. The number of hydrogen-bond acceptors (Lipinski definition) is 4. The summed E-state index contributed by atoms with van der Waals surface area (Å²) < 4.78 is 19.5. The molecule has 0 heterocycles. The monoisotopic (exact) mass is 369 g/mol. The Kier molecular flexibility index (Phi) is 7.14. The van der Waals surface area contributed by atoms with Gasteiger partial charge in [0, 0.05) is 12.2 Å². The van der Waals surface area contributed by atoms with E-state index in [9.17, 15) is 9.18 Å². The van der Waals surface area contributed by atoms with Crippen LogP contribution in [0.25, 0.3) is 0 Å². The molecule has 2 aromatic rings. The highest BCUT2D eigenvalue weighted by Gasteiger charge is 2.12. The van der Waals surface area contributed by atoms with Gasteiger partial charge in [0.1, 0.15) is 17.3 Å². The number of nitrogens with two attached hydrogens (primary N) is 2. The van der Waals surface area contributed by atoms with E-state index in [1.807, 2.05) is 54.6 Å². The fraction of sp³-hybridized carbons (Fsp3) is 0.190. The quantitative estimate of drug-likeness (QED) is 0.514. The second kappa shape index (κ2) is 9.54. The second-order valence-electron chi connectivity index (χ2n) is 6.16. The summed E-state index contributed by atoms with van der Waals surface area (Å²) in [7, 11) is 0. The number of carbonyl (C=O) groups is 1. The van der Waals surface area contributed by atoms with E-state index >= 15 is 0 Å². The third kappa shape index (κ3) is 6.27. The smallest absolute Gasteiger partial charge is 0.253 e. The Hall–Kier alpha value is -3.12. The number of rotatable bonds is 7. The highest BCUT2D eigenvalue weighted by Crippen LogP contribution is 2.21. The highest BCUT2D eigenvalue weighted by atomic mass is 19.1. The van der Waals surface area contributed by atoms with Gasteiger partial charge in [-0.2, -0.15) is 0 Å². The van der Waals surface area contributed by atoms with Crippen LogP contribution in [-0.2, 0) is 11.3 Å². The summed E-state index contributed by atoms with van der Waals surface area (Å²) in [5.74, 6) is 0.370. The molecule has 6 heteroatoms. The van der Waals surface area contributed by atoms with Gasteiger partial charge in [-0.25, -0.2) is 4.39 Å². The van der Waals surface area contributed by atoms with Crippen molar-refractivity contribution in [3.8, 4) is 11.5 Å². The molecule has 27 heavy (non-hydrogen) atoms. The van der Waals surface area contributed by atoms with Gasteiger partial charge in [0.2, 0.25) is 0 Å². The van der Waals surface area contributed by atoms with Crippen LogP contribution in [0.3, 0.4) is 0 Å². The van der Waals surface area contributed by atoms with Gasteiger partial charge in [0.05, 0.1) is 11.6 Å². The zero-order valence-electron chi connectivity index (χ0n) is 15.4. The Bertz CT molecular complexity index is 824. The van der Waals surface area contributed by atoms with Gasteiger partial charge in [-0.3, -0.25) is 4.79 Å². The molecule has 0 aliphatic rings. The maximum atomic E-state index is 13.7. The van der Waals surface area contributed by atoms with Gasteiger partial charge < -0.3 is 21.5 Å². The third-order valence-corrected chi connectivity index (χ3v) is 3.74. The molecule has 0 radical (unpaired) electrons. The number of allylic oxidation sites excluding steroid dienone is 1. The van der Waals surface area contributed by atoms with E-state index in [0.717, 1.165) is 17.4 Å². The molecule has 0 spiro atoms. The van der Waals surface area contributed by atoms with Crippen LogP contribution >= 0.6 is 0 Å². The first-order valence-electron chi connectivity index (χ1n) is 8.56. The number of amides is 1. The standard InChI is InChI=1S/C21H24FN3O2/c1-14(23)19(12-20(22)15(2)24)21(26)25-13-16-8-10-18(11-9-16)27-17-6-4-3-5-7-17/h3-12,15H,13,23-24H2,1-2H3,(H,25,26)/b19-14-,20-12+. The molecule has 5 N–H and O–H groups in total. The molecule has 2 aromatic carbocycles. The molecule has 0 saturated heterocycles. The van der Waals surface area contributed by atoms with Crippen molar-refractivity contribution >= 4 is 5.91 Å². The minimum Gasteiger partial charge on any atom is -0.457 e. The summed E-state index contributed by atoms with van der Waals surface area (Å²) in [6.07, 6.45) is 1.08. The predicted molar refractivity (Wildman–Crippen MR) is 105 cm³/mol. The van der Waals surface area contributed by atoms with Crippen LogP contribution in [0.4, 0.5) is 4.39 Å². The first kappa shape index (κ1) is 20.2. The van der Waals surface area contributed by atoms with Crippen molar-refractivity contribution in [2.45, 2.75) is 26.4 Å². The molecule has 0 bridgehead atoms. The van der Waals surface area contributed by atoms with Crippen molar-refractivity contribution in [2.75, 3.05) is 0 Å². The number of nitrogens with one attached hydrogen (secondary N) is 1. The molecule has 2 rings (SSSR count). The lowest BCUT2D eigenvalue weighted by Crippen LogP contribution is -2.26. The zero-order valence-corrected chi connectivity index (χ0v) is 15.4. The Morgan fingerprint density at radius 2 is 1.74 bits per heavy atom. The Labute approximate surface area is 158 Å².